The second-order valence-electron chi connectivity index (χ2n) is 2.70. The maximum Gasteiger partial charge on any atom is 0.153 e. The Morgan fingerprint density at radius 1 is 1.10 bits per heavy atom. The molecule has 0 atom stereocenters. The Morgan fingerprint density at radius 2 is 1.70 bits per heavy atom. The molecule has 1 aliphatic carbocycles. The van der Waals surface area contributed by atoms with Gasteiger partial charge >= 0.3 is 0 Å². The van der Waals surface area contributed by atoms with Gasteiger partial charge in [0.1, 0.15) is 0 Å². The lowest BCUT2D eigenvalue weighted by atomic mass is 10.2. The van der Waals surface area contributed by atoms with E-state index in [1.165, 1.54) is 31.4 Å². The summed E-state index contributed by atoms with van der Waals surface area (Å²) in [5.41, 5.74) is 1.19. The molecule has 10 heavy (non-hydrogen) atoms. The number of oxime groups is 1. The maximum absolute atomic E-state index is 4.47. The van der Waals surface area contributed by atoms with Crippen LogP contribution >= 0.6 is 0 Å². The van der Waals surface area contributed by atoms with Gasteiger partial charge in [0.15, 0.2) is 7.11 Å². The summed E-state index contributed by atoms with van der Waals surface area (Å²) < 4.78 is 0. The Kier molecular flexibility index (Phi) is 3.27. The molecule has 2 heteroatoms. The van der Waals surface area contributed by atoms with E-state index >= 15 is 0 Å². The van der Waals surface area contributed by atoms with Crippen LogP contribution < -0.4 is 0 Å². The maximum atomic E-state index is 4.47. The molecule has 0 N–H and O–H groups in total. The van der Waals surface area contributed by atoms with E-state index in [9.17, 15) is 0 Å². The highest BCUT2D eigenvalue weighted by atomic mass is 16.6. The first-order chi connectivity index (χ1) is 4.93. The molecule has 0 aromatic rings. The van der Waals surface area contributed by atoms with Crippen LogP contribution in [0.4, 0.5) is 0 Å². The van der Waals surface area contributed by atoms with Crippen molar-refractivity contribution in [2.75, 3.05) is 0 Å². The van der Waals surface area contributed by atoms with Crippen molar-refractivity contribution in [3.05, 3.63) is 7.11 Å². The summed E-state index contributed by atoms with van der Waals surface area (Å²) in [6.45, 7) is 0. The largest absolute Gasteiger partial charge is 0.392 e. The summed E-state index contributed by atoms with van der Waals surface area (Å²) in [5.74, 6) is 0. The molecular formula is C8H14NO. The Balaban J connectivity index is 2.35. The predicted molar refractivity (Wildman–Crippen MR) is 41.6 cm³/mol. The van der Waals surface area contributed by atoms with Crippen LogP contribution in [0, 0.1) is 7.11 Å². The van der Waals surface area contributed by atoms with E-state index in [4.69, 9.17) is 0 Å². The monoisotopic (exact) mass is 140 g/mol. The molecular weight excluding hydrogens is 126 g/mol. The van der Waals surface area contributed by atoms with Crippen molar-refractivity contribution >= 4 is 5.71 Å². The lowest BCUT2D eigenvalue weighted by molar-refractivity contribution is 0.258. The molecule has 0 amide bonds. The van der Waals surface area contributed by atoms with Gasteiger partial charge in [-0.15, -0.1) is 0 Å². The zero-order chi connectivity index (χ0) is 7.23. The zero-order valence-corrected chi connectivity index (χ0v) is 6.31. The predicted octanol–water partition coefficient (Wildman–Crippen LogP) is 2.50. The van der Waals surface area contributed by atoms with Crippen LogP contribution in [0.25, 0.3) is 0 Å². The second kappa shape index (κ2) is 4.31. The van der Waals surface area contributed by atoms with Gasteiger partial charge in [0.05, 0.1) is 5.71 Å². The van der Waals surface area contributed by atoms with E-state index in [0.29, 0.717) is 0 Å². The highest BCUT2D eigenvalue weighted by Crippen LogP contribution is 2.14. The fraction of sp³-hybridized carbons (Fsp3) is 0.750. The van der Waals surface area contributed by atoms with Crippen molar-refractivity contribution in [1.82, 2.24) is 0 Å². The quantitative estimate of drug-likeness (QED) is 0.405. The van der Waals surface area contributed by atoms with Crippen LogP contribution in [0.3, 0.4) is 0 Å². The Hall–Kier alpha value is -0.530. The molecule has 0 spiro atoms. The highest BCUT2D eigenvalue weighted by Gasteiger charge is 2.04. The number of hydrogen-bond donors (Lipinski definition) is 0. The molecule has 1 rings (SSSR count). The number of rotatable bonds is 1. The minimum Gasteiger partial charge on any atom is -0.392 e. The van der Waals surface area contributed by atoms with Crippen molar-refractivity contribution in [2.24, 2.45) is 5.16 Å². The Bertz CT molecular complexity index is 110. The lowest BCUT2D eigenvalue weighted by Crippen LogP contribution is -1.94. The van der Waals surface area contributed by atoms with E-state index < -0.39 is 0 Å². The van der Waals surface area contributed by atoms with E-state index in [-0.39, 0.29) is 0 Å². The van der Waals surface area contributed by atoms with Crippen LogP contribution in [0.15, 0.2) is 5.16 Å². The van der Waals surface area contributed by atoms with Gasteiger partial charge in [-0.25, -0.2) is 0 Å². The fourth-order valence-corrected chi connectivity index (χ4v) is 1.32. The lowest BCUT2D eigenvalue weighted by Gasteiger charge is -1.97. The molecule has 57 valence electrons. The third-order valence-corrected chi connectivity index (χ3v) is 1.87. The van der Waals surface area contributed by atoms with Crippen LogP contribution in [-0.4, -0.2) is 5.71 Å². The summed E-state index contributed by atoms with van der Waals surface area (Å²) in [4.78, 5) is 4.47. The molecule has 1 aliphatic rings. The Labute approximate surface area is 62.3 Å². The molecule has 0 unspecified atom stereocenters. The standard InChI is InChI=1S/C8H14NO/c1-10-9-8-6-4-2-3-5-7-8/h1-7H2. The zero-order valence-electron chi connectivity index (χ0n) is 6.31. The van der Waals surface area contributed by atoms with Crippen molar-refractivity contribution < 1.29 is 4.84 Å². The van der Waals surface area contributed by atoms with Gasteiger partial charge in [-0.3, -0.25) is 0 Å². The third-order valence-electron chi connectivity index (χ3n) is 1.87. The summed E-state index contributed by atoms with van der Waals surface area (Å²) in [6, 6.07) is 0. The van der Waals surface area contributed by atoms with Gasteiger partial charge in [-0.2, -0.15) is 0 Å². The van der Waals surface area contributed by atoms with Gasteiger partial charge in [0, 0.05) is 0 Å². The molecule has 0 heterocycles. The van der Waals surface area contributed by atoms with Crippen LogP contribution in [0.2, 0.25) is 0 Å². The summed E-state index contributed by atoms with van der Waals surface area (Å²) in [5, 5.41) is 3.85. The molecule has 2 nitrogen and oxygen atoms in total. The number of hydrogen-bond acceptors (Lipinski definition) is 2. The fourth-order valence-electron chi connectivity index (χ4n) is 1.32. The van der Waals surface area contributed by atoms with Crippen molar-refractivity contribution in [3.63, 3.8) is 0 Å². The first-order valence-electron chi connectivity index (χ1n) is 3.90. The normalized spacial score (nSPS) is 19.9. The van der Waals surface area contributed by atoms with Crippen molar-refractivity contribution in [2.45, 2.75) is 38.5 Å². The molecule has 0 bridgehead atoms. The van der Waals surface area contributed by atoms with E-state index in [1.807, 2.05) is 0 Å². The topological polar surface area (TPSA) is 21.6 Å². The minimum atomic E-state index is 1.11. The second-order valence-corrected chi connectivity index (χ2v) is 2.70. The first-order valence-corrected chi connectivity index (χ1v) is 3.90. The molecule has 0 aliphatic heterocycles. The van der Waals surface area contributed by atoms with Crippen LogP contribution in [0.1, 0.15) is 38.5 Å². The highest BCUT2D eigenvalue weighted by molar-refractivity contribution is 5.84. The SMILES string of the molecule is [CH2]ON=C1CCCCCC1. The molecule has 1 radical (unpaired) electrons. The van der Waals surface area contributed by atoms with Crippen LogP contribution in [0.5, 0.6) is 0 Å². The van der Waals surface area contributed by atoms with Crippen molar-refractivity contribution in [1.29, 1.82) is 0 Å². The first kappa shape index (κ1) is 7.58. The third kappa shape index (κ3) is 2.38. The number of nitrogens with zero attached hydrogens (tertiary/aromatic N) is 1. The van der Waals surface area contributed by atoms with E-state index in [0.717, 1.165) is 12.8 Å². The molecule has 0 aromatic heterocycles. The van der Waals surface area contributed by atoms with Crippen LogP contribution in [-0.2, 0) is 4.84 Å². The molecule has 1 saturated carbocycles. The van der Waals surface area contributed by atoms with Gasteiger partial charge in [-0.05, 0) is 25.7 Å². The minimum absolute atomic E-state index is 1.11. The van der Waals surface area contributed by atoms with E-state index in [1.54, 1.807) is 0 Å². The average Bonchev–Trinajstić information content (AvgIpc) is 2.17. The summed E-state index contributed by atoms with van der Waals surface area (Å²) in [6.07, 6.45) is 7.43. The van der Waals surface area contributed by atoms with Gasteiger partial charge in [-0.1, -0.05) is 18.0 Å². The Morgan fingerprint density at radius 3 is 2.20 bits per heavy atom. The van der Waals surface area contributed by atoms with Gasteiger partial charge in [0.25, 0.3) is 0 Å². The molecule has 0 aromatic carbocycles. The summed E-state index contributed by atoms with van der Waals surface area (Å²) >= 11 is 0. The van der Waals surface area contributed by atoms with E-state index in [2.05, 4.69) is 17.1 Å². The summed E-state index contributed by atoms with van der Waals surface area (Å²) in [7, 11) is 3.22. The molecule has 0 saturated heterocycles. The smallest absolute Gasteiger partial charge is 0.153 e. The molecule has 1 fully saturated rings. The van der Waals surface area contributed by atoms with Crippen molar-refractivity contribution in [3.8, 4) is 0 Å². The van der Waals surface area contributed by atoms with Gasteiger partial charge < -0.3 is 4.84 Å². The van der Waals surface area contributed by atoms with Gasteiger partial charge in [0.2, 0.25) is 0 Å². The average molecular weight is 140 g/mol.